The molecule has 0 saturated carbocycles. The van der Waals surface area contributed by atoms with Crippen molar-refractivity contribution in [1.82, 2.24) is 10.0 Å². The predicted molar refractivity (Wildman–Crippen MR) is 145 cm³/mol. The minimum absolute atomic E-state index is 0.334. The first-order valence-corrected chi connectivity index (χ1v) is 12.1. The molecule has 0 saturated heterocycles. The molecular formula is C31H36N2O3. The first-order valence-electron chi connectivity index (χ1n) is 12.1. The van der Waals surface area contributed by atoms with Crippen LogP contribution in [0.15, 0.2) is 96.4 Å². The predicted octanol–water partition coefficient (Wildman–Crippen LogP) is 6.36. The number of allylic oxidation sites excluding steroid dienone is 3. The van der Waals surface area contributed by atoms with E-state index in [1.54, 1.807) is 7.11 Å². The summed E-state index contributed by atoms with van der Waals surface area (Å²) in [5.74, 6) is 1.27. The molecule has 0 amide bonds. The van der Waals surface area contributed by atoms with Crippen LogP contribution in [0.4, 0.5) is 0 Å². The highest BCUT2D eigenvalue weighted by Gasteiger charge is 2.15. The van der Waals surface area contributed by atoms with Crippen LogP contribution in [0.3, 0.4) is 0 Å². The summed E-state index contributed by atoms with van der Waals surface area (Å²) < 4.78 is 11.3. The molecule has 0 aliphatic heterocycles. The van der Waals surface area contributed by atoms with E-state index in [9.17, 15) is 4.79 Å². The van der Waals surface area contributed by atoms with Crippen molar-refractivity contribution >= 4 is 6.29 Å². The molecular weight excluding hydrogens is 448 g/mol. The molecule has 0 aliphatic rings. The van der Waals surface area contributed by atoms with Crippen molar-refractivity contribution in [2.75, 3.05) is 14.2 Å². The third-order valence-electron chi connectivity index (χ3n) is 5.95. The van der Waals surface area contributed by atoms with Crippen molar-refractivity contribution in [2.45, 2.75) is 40.5 Å². The van der Waals surface area contributed by atoms with Crippen LogP contribution in [0.25, 0.3) is 0 Å². The van der Waals surface area contributed by atoms with Gasteiger partial charge < -0.3 is 14.5 Å². The number of aldehydes is 1. The van der Waals surface area contributed by atoms with E-state index in [4.69, 9.17) is 9.47 Å². The lowest BCUT2D eigenvalue weighted by atomic mass is 10.1. The van der Waals surface area contributed by atoms with E-state index in [1.165, 1.54) is 28.3 Å². The second kappa shape index (κ2) is 13.3. The van der Waals surface area contributed by atoms with E-state index in [0.29, 0.717) is 12.4 Å². The molecule has 36 heavy (non-hydrogen) atoms. The molecule has 0 N–H and O–H groups in total. The van der Waals surface area contributed by atoms with Gasteiger partial charge in [0.2, 0.25) is 0 Å². The summed E-state index contributed by atoms with van der Waals surface area (Å²) in [6.45, 7) is 8.07. The summed E-state index contributed by atoms with van der Waals surface area (Å²) in [6, 6.07) is 24.8. The van der Waals surface area contributed by atoms with Gasteiger partial charge in [-0.05, 0) is 49.6 Å². The second-order valence-electron chi connectivity index (χ2n) is 8.96. The number of ether oxygens (including phenoxy) is 2. The van der Waals surface area contributed by atoms with Crippen LogP contribution in [-0.4, -0.2) is 30.5 Å². The maximum Gasteiger partial charge on any atom is 0.146 e. The van der Waals surface area contributed by atoms with Crippen LogP contribution in [0.5, 0.6) is 5.75 Å². The number of hydrogen-bond donors (Lipinski definition) is 0. The highest BCUT2D eigenvalue weighted by molar-refractivity contribution is 5.66. The lowest BCUT2D eigenvalue weighted by molar-refractivity contribution is -0.104. The first kappa shape index (κ1) is 26.8. The van der Waals surface area contributed by atoms with E-state index in [0.717, 1.165) is 36.4 Å². The number of benzene rings is 3. The number of carbonyl (C=O) groups is 1. The number of aryl methyl sites for hydroxylation is 2. The Morgan fingerprint density at radius 1 is 0.861 bits per heavy atom. The van der Waals surface area contributed by atoms with Crippen molar-refractivity contribution in [1.29, 1.82) is 0 Å². The Hall–Kier alpha value is -3.83. The van der Waals surface area contributed by atoms with E-state index in [1.807, 2.05) is 44.3 Å². The van der Waals surface area contributed by atoms with Gasteiger partial charge in [0.15, 0.2) is 0 Å². The normalized spacial score (nSPS) is 11.9. The molecule has 3 rings (SSSR count). The van der Waals surface area contributed by atoms with Gasteiger partial charge in [-0.25, -0.2) is 5.01 Å². The molecule has 5 heteroatoms. The molecule has 0 spiro atoms. The standard InChI is InChI=1S/C31H36N2O3/c1-24-9-6-11-27(17-24)21-33(22-28-12-7-10-25(2)18-28)32(4)26(3)19-31(15-16-34)36-23-29-13-8-14-30(20-29)35-5/h6-20H,21-23H2,1-5H3/b26-19-,31-15+. The van der Waals surface area contributed by atoms with Gasteiger partial charge in [0.1, 0.15) is 24.4 Å². The molecule has 0 aromatic heterocycles. The Morgan fingerprint density at radius 3 is 2.00 bits per heavy atom. The molecule has 0 aliphatic carbocycles. The van der Waals surface area contributed by atoms with E-state index >= 15 is 0 Å². The van der Waals surface area contributed by atoms with Gasteiger partial charge in [0, 0.05) is 38.0 Å². The van der Waals surface area contributed by atoms with Crippen LogP contribution in [0.2, 0.25) is 0 Å². The van der Waals surface area contributed by atoms with Crippen LogP contribution >= 0.6 is 0 Å². The molecule has 3 aromatic carbocycles. The molecule has 188 valence electrons. The number of carbonyl (C=O) groups excluding carboxylic acids is 1. The minimum Gasteiger partial charge on any atom is -0.497 e. The Bertz CT molecular complexity index is 1170. The zero-order chi connectivity index (χ0) is 25.9. The fraction of sp³-hybridized carbons (Fsp3) is 0.258. The SMILES string of the molecule is COc1cccc(COC(/C=C(/C)N(C)N(Cc2cccc(C)c2)Cc2cccc(C)c2)=C/C=O)c1. The molecule has 0 atom stereocenters. The Kier molecular flexibility index (Phi) is 9.90. The monoisotopic (exact) mass is 484 g/mol. The van der Waals surface area contributed by atoms with Crippen LogP contribution in [0.1, 0.15) is 34.7 Å². The van der Waals surface area contributed by atoms with Crippen LogP contribution in [-0.2, 0) is 29.2 Å². The van der Waals surface area contributed by atoms with Gasteiger partial charge in [-0.15, -0.1) is 0 Å². The molecule has 0 unspecified atom stereocenters. The van der Waals surface area contributed by atoms with Crippen molar-refractivity contribution in [3.63, 3.8) is 0 Å². The molecule has 0 radical (unpaired) electrons. The van der Waals surface area contributed by atoms with E-state index in [-0.39, 0.29) is 0 Å². The minimum atomic E-state index is 0.334. The number of hydrogen-bond acceptors (Lipinski definition) is 5. The lowest BCUT2D eigenvalue weighted by Gasteiger charge is -2.34. The average Bonchev–Trinajstić information content (AvgIpc) is 2.86. The molecule has 0 fully saturated rings. The Balaban J connectivity index is 1.81. The summed E-state index contributed by atoms with van der Waals surface area (Å²) in [5, 5.41) is 4.41. The van der Waals surface area contributed by atoms with Gasteiger partial charge >= 0.3 is 0 Å². The van der Waals surface area contributed by atoms with Gasteiger partial charge in [-0.3, -0.25) is 4.79 Å². The van der Waals surface area contributed by atoms with Gasteiger partial charge in [0.05, 0.1) is 7.11 Å². The second-order valence-corrected chi connectivity index (χ2v) is 8.96. The summed E-state index contributed by atoms with van der Waals surface area (Å²) in [4.78, 5) is 11.3. The van der Waals surface area contributed by atoms with Crippen LogP contribution < -0.4 is 4.74 Å². The number of nitrogens with zero attached hydrogens (tertiary/aromatic N) is 2. The molecule has 5 nitrogen and oxygen atoms in total. The van der Waals surface area contributed by atoms with Crippen molar-refractivity contribution in [2.24, 2.45) is 0 Å². The summed E-state index contributed by atoms with van der Waals surface area (Å²) >= 11 is 0. The van der Waals surface area contributed by atoms with E-state index < -0.39 is 0 Å². The first-order chi connectivity index (χ1) is 17.4. The van der Waals surface area contributed by atoms with Crippen molar-refractivity contribution in [3.8, 4) is 5.75 Å². The zero-order valence-electron chi connectivity index (χ0n) is 21.9. The smallest absolute Gasteiger partial charge is 0.146 e. The molecule has 0 bridgehead atoms. The third-order valence-corrected chi connectivity index (χ3v) is 5.95. The molecule has 0 heterocycles. The summed E-state index contributed by atoms with van der Waals surface area (Å²) in [7, 11) is 3.68. The number of methoxy groups -OCH3 is 1. The zero-order valence-corrected chi connectivity index (χ0v) is 21.9. The third kappa shape index (κ3) is 8.14. The van der Waals surface area contributed by atoms with Crippen molar-refractivity contribution in [3.05, 3.63) is 124 Å². The van der Waals surface area contributed by atoms with E-state index in [2.05, 4.69) is 72.4 Å². The maximum absolute atomic E-state index is 11.3. The number of hydrazine groups is 1. The topological polar surface area (TPSA) is 42.0 Å². The Labute approximate surface area is 215 Å². The van der Waals surface area contributed by atoms with Gasteiger partial charge in [-0.2, -0.15) is 0 Å². The highest BCUT2D eigenvalue weighted by Crippen LogP contribution is 2.20. The van der Waals surface area contributed by atoms with Gasteiger partial charge in [0.25, 0.3) is 0 Å². The largest absolute Gasteiger partial charge is 0.497 e. The average molecular weight is 485 g/mol. The lowest BCUT2D eigenvalue weighted by Crippen LogP contribution is -2.37. The fourth-order valence-corrected chi connectivity index (χ4v) is 3.97. The highest BCUT2D eigenvalue weighted by atomic mass is 16.5. The van der Waals surface area contributed by atoms with Gasteiger partial charge in [-0.1, -0.05) is 71.8 Å². The van der Waals surface area contributed by atoms with Crippen LogP contribution in [0, 0.1) is 13.8 Å². The fourth-order valence-electron chi connectivity index (χ4n) is 3.97. The Morgan fingerprint density at radius 2 is 1.44 bits per heavy atom. The number of rotatable bonds is 12. The van der Waals surface area contributed by atoms with Crippen molar-refractivity contribution < 1.29 is 14.3 Å². The quantitative estimate of drug-likeness (QED) is 0.0983. The summed E-state index contributed by atoms with van der Waals surface area (Å²) in [5.41, 5.74) is 6.86. The molecule has 3 aromatic rings. The summed E-state index contributed by atoms with van der Waals surface area (Å²) in [6.07, 6.45) is 4.10. The maximum atomic E-state index is 11.3.